The molecule has 0 spiro atoms. The SMILES string of the molecule is CC(C)(C)c1cc(N(c2cc([Si](C)(C)C)cc([Si](C)(C)C)c2)c2c3ccccc3c(-c3c4ccccc4c(N(c4cc(C(C)(C)C)cc(C(C)(C)C)c4)c4cc([Si](C)(C)C)cc([Si](C)(C)C)c4)c4cc(-c5cccc6c5ccc5ccccc56)ccc34)c3ccc(-c4cccc5c4ccc4ccccc45)cc23)cc(C(C)(C)C)c1. The van der Waals surface area contributed by atoms with Gasteiger partial charge >= 0.3 is 0 Å². The van der Waals surface area contributed by atoms with E-state index in [0.717, 1.165) is 0 Å². The minimum Gasteiger partial charge on any atom is -0.309 e. The molecule has 0 unspecified atom stereocenters. The average Bonchev–Trinajstić information content (AvgIpc) is 0.700. The van der Waals surface area contributed by atoms with E-state index in [1.54, 1.807) is 0 Å². The molecular weight excluding hydrogens is 1440 g/mol. The number of rotatable bonds is 13. The number of anilines is 6. The van der Waals surface area contributed by atoms with Crippen molar-refractivity contribution in [2.24, 2.45) is 0 Å². The van der Waals surface area contributed by atoms with Gasteiger partial charge in [-0.05, 0) is 203 Å². The van der Waals surface area contributed by atoms with E-state index >= 15 is 0 Å². The molecule has 0 heterocycles. The van der Waals surface area contributed by atoms with Crippen molar-refractivity contribution in [1.29, 1.82) is 0 Å². The van der Waals surface area contributed by atoms with E-state index in [0.29, 0.717) is 0 Å². The van der Waals surface area contributed by atoms with Gasteiger partial charge in [-0.3, -0.25) is 0 Å². The topological polar surface area (TPSA) is 6.48 Å². The van der Waals surface area contributed by atoms with E-state index in [4.69, 9.17) is 0 Å². The highest BCUT2D eigenvalue weighted by atomic mass is 28.3. The Morgan fingerprint density at radius 3 is 0.772 bits per heavy atom. The molecule has 0 N–H and O–H groups in total. The number of hydrogen-bond acceptors (Lipinski definition) is 2. The predicted molar refractivity (Wildman–Crippen MR) is 519 cm³/mol. The van der Waals surface area contributed by atoms with E-state index in [1.165, 1.54) is 197 Å². The molecule has 6 heteroatoms. The van der Waals surface area contributed by atoms with E-state index < -0.39 is 32.3 Å². The maximum atomic E-state index is 2.75. The van der Waals surface area contributed by atoms with Gasteiger partial charge in [0.05, 0.1) is 43.7 Å². The molecule has 0 aliphatic carbocycles. The first kappa shape index (κ1) is 78.0. The third kappa shape index (κ3) is 14.3. The zero-order valence-corrected chi connectivity index (χ0v) is 76.3. The molecule has 0 aliphatic rings. The first-order chi connectivity index (χ1) is 53.6. The monoisotopic (exact) mass is 1550 g/mol. The molecule has 0 aliphatic heterocycles. The quantitative estimate of drug-likeness (QED) is 0.0645. The Balaban J connectivity index is 1.13. The zero-order valence-electron chi connectivity index (χ0n) is 72.3. The van der Waals surface area contributed by atoms with Crippen molar-refractivity contribution in [2.75, 3.05) is 9.80 Å². The van der Waals surface area contributed by atoms with Gasteiger partial charge in [0.25, 0.3) is 0 Å². The third-order valence-corrected chi connectivity index (χ3v) is 32.6. The lowest BCUT2D eigenvalue weighted by Gasteiger charge is -2.35. The van der Waals surface area contributed by atoms with Crippen LogP contribution in [0.4, 0.5) is 34.1 Å². The fourth-order valence-electron chi connectivity index (χ4n) is 17.5. The van der Waals surface area contributed by atoms with Crippen LogP contribution in [0.5, 0.6) is 0 Å². The van der Waals surface area contributed by atoms with Gasteiger partial charge in [-0.1, -0.05) is 389 Å². The Kier molecular flexibility index (Phi) is 19.1. The lowest BCUT2D eigenvalue weighted by atomic mass is 9.79. The fraction of sp³-hybridized carbons (Fsp3) is 0.259. The molecule has 0 saturated carbocycles. The summed E-state index contributed by atoms with van der Waals surface area (Å²) in [6, 6.07) is 106. The molecule has 16 rings (SSSR count). The van der Waals surface area contributed by atoms with Crippen LogP contribution in [0.1, 0.15) is 105 Å². The predicted octanol–water partition coefficient (Wildman–Crippen LogP) is 30.2. The van der Waals surface area contributed by atoms with Gasteiger partial charge < -0.3 is 9.80 Å². The Labute approximate surface area is 684 Å². The van der Waals surface area contributed by atoms with E-state index in [-0.39, 0.29) is 21.7 Å². The summed E-state index contributed by atoms with van der Waals surface area (Å²) in [5.41, 5.74) is 19.1. The summed E-state index contributed by atoms with van der Waals surface area (Å²) in [5.74, 6) is 0. The van der Waals surface area contributed by atoms with Crippen LogP contribution in [-0.2, 0) is 21.7 Å². The van der Waals surface area contributed by atoms with Crippen molar-refractivity contribution in [1.82, 2.24) is 0 Å². The fourth-order valence-corrected chi connectivity index (χ4v) is 22.5. The second-order valence-corrected chi connectivity index (χ2v) is 61.5. The molecular formula is C108H116N2Si4. The van der Waals surface area contributed by atoms with Crippen LogP contribution < -0.4 is 30.5 Å². The summed E-state index contributed by atoms with van der Waals surface area (Å²) in [6.07, 6.45) is 0. The summed E-state index contributed by atoms with van der Waals surface area (Å²) >= 11 is 0. The molecule has 0 fully saturated rings. The number of fused-ring (bicyclic) bond motifs is 10. The van der Waals surface area contributed by atoms with Gasteiger partial charge in [-0.25, -0.2) is 0 Å². The van der Waals surface area contributed by atoms with Crippen molar-refractivity contribution < 1.29 is 0 Å². The van der Waals surface area contributed by atoms with Crippen LogP contribution in [0, 0.1) is 0 Å². The van der Waals surface area contributed by atoms with Crippen LogP contribution >= 0.6 is 0 Å². The molecule has 0 radical (unpaired) electrons. The minimum absolute atomic E-state index is 0.158. The summed E-state index contributed by atoms with van der Waals surface area (Å²) < 4.78 is 0. The number of nitrogens with zero attached hydrogens (tertiary/aromatic N) is 2. The molecule has 16 aromatic rings. The van der Waals surface area contributed by atoms with Crippen LogP contribution in [-0.4, -0.2) is 32.3 Å². The minimum atomic E-state index is -1.97. The zero-order chi connectivity index (χ0) is 81.1. The first-order valence-corrected chi connectivity index (χ1v) is 55.6. The van der Waals surface area contributed by atoms with Gasteiger partial charge in [0.2, 0.25) is 0 Å². The van der Waals surface area contributed by atoms with Crippen molar-refractivity contribution in [2.45, 2.75) is 183 Å². The molecule has 0 aromatic heterocycles. The van der Waals surface area contributed by atoms with Gasteiger partial charge in [-0.15, -0.1) is 0 Å². The van der Waals surface area contributed by atoms with Crippen molar-refractivity contribution in [3.05, 3.63) is 289 Å². The first-order valence-electron chi connectivity index (χ1n) is 41.6. The van der Waals surface area contributed by atoms with Crippen LogP contribution in [0.2, 0.25) is 78.6 Å². The van der Waals surface area contributed by atoms with Crippen LogP contribution in [0.15, 0.2) is 267 Å². The van der Waals surface area contributed by atoms with Crippen LogP contribution in [0.3, 0.4) is 0 Å². The van der Waals surface area contributed by atoms with Gasteiger partial charge in [-0.2, -0.15) is 0 Å². The Morgan fingerprint density at radius 1 is 0.202 bits per heavy atom. The number of hydrogen-bond donors (Lipinski definition) is 0. The number of benzene rings is 16. The Bertz CT molecular complexity index is 5900. The van der Waals surface area contributed by atoms with Crippen LogP contribution in [0.25, 0.3) is 120 Å². The van der Waals surface area contributed by atoms with E-state index in [1.807, 2.05) is 0 Å². The molecule has 574 valence electrons. The largest absolute Gasteiger partial charge is 0.309 e. The van der Waals surface area contributed by atoms with Crippen molar-refractivity contribution in [3.8, 4) is 33.4 Å². The van der Waals surface area contributed by atoms with Gasteiger partial charge in [0, 0.05) is 44.3 Å². The molecule has 16 aromatic carbocycles. The molecule has 0 atom stereocenters. The lowest BCUT2D eigenvalue weighted by Crippen LogP contribution is -2.45. The molecule has 114 heavy (non-hydrogen) atoms. The molecule has 0 bridgehead atoms. The highest BCUT2D eigenvalue weighted by molar-refractivity contribution is 6.92. The second-order valence-electron chi connectivity index (χ2n) is 41.2. The summed E-state index contributed by atoms with van der Waals surface area (Å²) in [6.45, 7) is 59.2. The Morgan fingerprint density at radius 2 is 0.465 bits per heavy atom. The third-order valence-electron chi connectivity index (χ3n) is 24.5. The highest BCUT2D eigenvalue weighted by Gasteiger charge is 2.35. The lowest BCUT2D eigenvalue weighted by molar-refractivity contribution is 0.568. The van der Waals surface area contributed by atoms with E-state index in [2.05, 4.69) is 438 Å². The summed E-state index contributed by atoms with van der Waals surface area (Å²) in [4.78, 5) is 5.51. The standard InChI is InChI=1S/C108H116N2Si4/c1-105(2,3)73-57-74(106(4,5)6)60-77(59-73)109(79-63-81(111(13,14)15)67-82(64-79)112(16,17)18)103-97-41-31-29-39-93(97)101(95-53-49-71(55-99(95)103)87-43-33-45-89-85-37-27-25-35-69(85)47-51-91(87)89)102-94-40-30-32-42-98(94)104(100-56-72(50-54-96(100)102)88-44-34-46-90-86-38-28-26-36-70(86)48-52-92(88)90)110(78-61-75(107(7,8)9)58-76(62-78)108(10,11)12)80-65-83(113(19,20)21)68-84(66-80)114(22,23)24/h25-68H,1-24H3. The second kappa shape index (κ2) is 27.9. The molecule has 2 nitrogen and oxygen atoms in total. The molecule has 0 saturated heterocycles. The van der Waals surface area contributed by atoms with Gasteiger partial charge in [0.1, 0.15) is 0 Å². The maximum Gasteiger partial charge on any atom is 0.0776 e. The van der Waals surface area contributed by atoms with Crippen molar-refractivity contribution in [3.63, 3.8) is 0 Å². The smallest absolute Gasteiger partial charge is 0.0776 e. The summed E-state index contributed by atoms with van der Waals surface area (Å²) in [7, 11) is -7.89. The summed E-state index contributed by atoms with van der Waals surface area (Å²) in [5, 5.41) is 25.6. The van der Waals surface area contributed by atoms with E-state index in [9.17, 15) is 0 Å². The Hall–Kier alpha value is -9.93. The van der Waals surface area contributed by atoms with Crippen molar-refractivity contribution >= 4 is 173 Å². The van der Waals surface area contributed by atoms with Gasteiger partial charge in [0.15, 0.2) is 0 Å². The highest BCUT2D eigenvalue weighted by Crippen LogP contribution is 2.56. The normalized spacial score (nSPS) is 13.1. The average molecular weight is 1550 g/mol. The molecule has 0 amide bonds. The maximum absolute atomic E-state index is 2.75.